The van der Waals surface area contributed by atoms with Crippen molar-refractivity contribution in [2.45, 2.75) is 19.4 Å². The van der Waals surface area contributed by atoms with Crippen LogP contribution in [-0.4, -0.2) is 44.7 Å². The third kappa shape index (κ3) is 5.30. The van der Waals surface area contributed by atoms with Crippen LogP contribution >= 0.6 is 0 Å². The Morgan fingerprint density at radius 1 is 1.00 bits per heavy atom. The Kier molecular flexibility index (Phi) is 7.95. The van der Waals surface area contributed by atoms with Crippen molar-refractivity contribution in [1.29, 1.82) is 0 Å². The molecule has 0 aliphatic heterocycles. The van der Waals surface area contributed by atoms with Crippen molar-refractivity contribution in [2.75, 3.05) is 27.9 Å². The van der Waals surface area contributed by atoms with Crippen molar-refractivity contribution >= 4 is 11.9 Å². The molecular weight excluding hydrogens is 406 g/mol. The number of hydrogen-bond donors (Lipinski definition) is 0. The quantitative estimate of drug-likeness (QED) is 0.244. The van der Waals surface area contributed by atoms with Crippen LogP contribution in [0.5, 0.6) is 11.5 Å². The molecule has 2 rings (SSSR count). The van der Waals surface area contributed by atoms with Crippen molar-refractivity contribution < 1.29 is 33.5 Å². The fourth-order valence-electron chi connectivity index (χ4n) is 3.32. The summed E-state index contributed by atoms with van der Waals surface area (Å²) in [5, 5.41) is 11.4. The predicted molar refractivity (Wildman–Crippen MR) is 111 cm³/mol. The molecule has 0 N–H and O–H groups in total. The van der Waals surface area contributed by atoms with Crippen molar-refractivity contribution in [2.24, 2.45) is 5.41 Å². The minimum Gasteiger partial charge on any atom is -0.493 e. The fourth-order valence-corrected chi connectivity index (χ4v) is 3.32. The van der Waals surface area contributed by atoms with Gasteiger partial charge in [0.1, 0.15) is 6.61 Å². The largest absolute Gasteiger partial charge is 0.493 e. The molecule has 0 fully saturated rings. The Morgan fingerprint density at radius 3 is 2.13 bits per heavy atom. The Balaban J connectivity index is 2.51. The molecule has 166 valence electrons. The minimum atomic E-state index is -1.94. The second-order valence-corrected chi connectivity index (χ2v) is 6.94. The van der Waals surface area contributed by atoms with Crippen LogP contribution in [-0.2, 0) is 25.7 Å². The van der Waals surface area contributed by atoms with E-state index < -0.39 is 34.7 Å². The van der Waals surface area contributed by atoms with Gasteiger partial charge in [-0.3, -0.25) is 19.7 Å². The van der Waals surface area contributed by atoms with Gasteiger partial charge in [-0.2, -0.15) is 0 Å². The lowest BCUT2D eigenvalue weighted by Crippen LogP contribution is -2.46. The van der Waals surface area contributed by atoms with Crippen LogP contribution in [0.15, 0.2) is 48.5 Å². The lowest BCUT2D eigenvalue weighted by Gasteiger charge is -2.30. The third-order valence-corrected chi connectivity index (χ3v) is 5.07. The van der Waals surface area contributed by atoms with Gasteiger partial charge in [0.05, 0.1) is 27.2 Å². The van der Waals surface area contributed by atoms with E-state index in [2.05, 4.69) is 0 Å². The van der Waals surface area contributed by atoms with Crippen LogP contribution in [0.1, 0.15) is 24.0 Å². The second kappa shape index (κ2) is 10.4. The molecule has 0 aliphatic carbocycles. The summed E-state index contributed by atoms with van der Waals surface area (Å²) in [5.41, 5.74) is -0.702. The zero-order valence-electron chi connectivity index (χ0n) is 17.8. The maximum absolute atomic E-state index is 12.5. The lowest BCUT2D eigenvalue weighted by atomic mass is 9.73. The third-order valence-electron chi connectivity index (χ3n) is 5.07. The summed E-state index contributed by atoms with van der Waals surface area (Å²) in [5.74, 6) is -2.33. The van der Waals surface area contributed by atoms with E-state index in [-0.39, 0.29) is 6.61 Å². The summed E-state index contributed by atoms with van der Waals surface area (Å²) in [6.07, 6.45) is 0. The fraction of sp³-hybridized carbons (Fsp3) is 0.364. The van der Waals surface area contributed by atoms with Crippen LogP contribution in [0.4, 0.5) is 0 Å². The van der Waals surface area contributed by atoms with E-state index in [0.717, 1.165) is 19.8 Å². The summed E-state index contributed by atoms with van der Waals surface area (Å²) >= 11 is 0. The van der Waals surface area contributed by atoms with E-state index in [1.807, 2.05) is 30.3 Å². The zero-order valence-corrected chi connectivity index (χ0v) is 17.8. The highest BCUT2D eigenvalue weighted by Crippen LogP contribution is 2.41. The molecule has 0 bridgehead atoms. The zero-order chi connectivity index (χ0) is 23.0. The number of nitrogens with zero attached hydrogens (tertiary/aromatic N) is 1. The number of ether oxygens (including phenoxy) is 4. The van der Waals surface area contributed by atoms with Gasteiger partial charge in [0.2, 0.25) is 6.54 Å². The predicted octanol–water partition coefficient (Wildman–Crippen LogP) is 2.99. The van der Waals surface area contributed by atoms with Gasteiger partial charge in [0, 0.05) is 4.92 Å². The first kappa shape index (κ1) is 23.7. The van der Waals surface area contributed by atoms with Gasteiger partial charge in [0.15, 0.2) is 16.9 Å². The molecule has 0 aromatic heterocycles. The summed E-state index contributed by atoms with van der Waals surface area (Å²) in [6, 6.07) is 14.0. The van der Waals surface area contributed by atoms with E-state index >= 15 is 0 Å². The molecule has 0 saturated heterocycles. The first-order valence-electron chi connectivity index (χ1n) is 9.41. The number of nitro groups is 1. The molecule has 0 unspecified atom stereocenters. The summed E-state index contributed by atoms with van der Waals surface area (Å²) in [4.78, 5) is 35.9. The SMILES string of the molecule is COC(=O)C(C)(C(=O)OC)[C@@H](C[N+](=O)[O-])c1ccc(OC)c(OCc2ccccc2)c1. The van der Waals surface area contributed by atoms with Gasteiger partial charge >= 0.3 is 11.9 Å². The summed E-state index contributed by atoms with van der Waals surface area (Å²) < 4.78 is 20.8. The van der Waals surface area contributed by atoms with Crippen molar-refractivity contribution in [3.63, 3.8) is 0 Å². The van der Waals surface area contributed by atoms with Crippen LogP contribution < -0.4 is 9.47 Å². The average Bonchev–Trinajstić information content (AvgIpc) is 2.79. The highest BCUT2D eigenvalue weighted by molar-refractivity contribution is 6.00. The Labute approximate surface area is 180 Å². The van der Waals surface area contributed by atoms with E-state index in [0.29, 0.717) is 17.1 Å². The Morgan fingerprint density at radius 2 is 1.61 bits per heavy atom. The maximum Gasteiger partial charge on any atom is 0.323 e. The van der Waals surface area contributed by atoms with Gasteiger partial charge in [-0.15, -0.1) is 0 Å². The van der Waals surface area contributed by atoms with E-state index in [1.54, 1.807) is 12.1 Å². The molecule has 2 aromatic rings. The normalized spacial score (nSPS) is 11.9. The number of benzene rings is 2. The molecule has 0 saturated carbocycles. The topological polar surface area (TPSA) is 114 Å². The Bertz CT molecular complexity index is 912. The summed E-state index contributed by atoms with van der Waals surface area (Å²) in [6.45, 7) is 0.796. The van der Waals surface area contributed by atoms with Crippen LogP contribution in [0.3, 0.4) is 0 Å². The van der Waals surface area contributed by atoms with Crippen molar-refractivity contribution in [1.82, 2.24) is 0 Å². The molecule has 9 heteroatoms. The van der Waals surface area contributed by atoms with Crippen LogP contribution in [0, 0.1) is 15.5 Å². The second-order valence-electron chi connectivity index (χ2n) is 6.94. The molecule has 0 spiro atoms. The van der Waals surface area contributed by atoms with E-state index in [4.69, 9.17) is 18.9 Å². The molecule has 0 amide bonds. The minimum absolute atomic E-state index is 0.228. The first-order chi connectivity index (χ1) is 14.8. The lowest BCUT2D eigenvalue weighted by molar-refractivity contribution is -0.485. The molecular formula is C22H25NO8. The van der Waals surface area contributed by atoms with Crippen LogP contribution in [0.2, 0.25) is 0 Å². The molecule has 0 aliphatic rings. The number of rotatable bonds is 10. The van der Waals surface area contributed by atoms with Crippen LogP contribution in [0.25, 0.3) is 0 Å². The van der Waals surface area contributed by atoms with Crippen molar-refractivity contribution in [3.05, 3.63) is 69.8 Å². The molecule has 9 nitrogen and oxygen atoms in total. The van der Waals surface area contributed by atoms with Crippen molar-refractivity contribution in [3.8, 4) is 11.5 Å². The van der Waals surface area contributed by atoms with Gasteiger partial charge in [-0.1, -0.05) is 36.4 Å². The standard InChI is InChI=1S/C22H25NO8/c1-22(20(24)29-3,21(25)30-4)17(13-23(26)27)16-10-11-18(28-2)19(12-16)31-14-15-8-6-5-7-9-15/h5-12,17H,13-14H2,1-4H3/t17-/m0/s1. The molecule has 2 aromatic carbocycles. The maximum atomic E-state index is 12.5. The summed E-state index contributed by atoms with van der Waals surface area (Å²) in [7, 11) is 3.68. The number of methoxy groups -OCH3 is 3. The average molecular weight is 431 g/mol. The smallest absolute Gasteiger partial charge is 0.323 e. The Hall–Kier alpha value is -3.62. The van der Waals surface area contributed by atoms with Gasteiger partial charge < -0.3 is 18.9 Å². The monoisotopic (exact) mass is 431 g/mol. The number of esters is 2. The number of carbonyl (C=O) groups is 2. The highest BCUT2D eigenvalue weighted by atomic mass is 16.6. The van der Waals surface area contributed by atoms with E-state index in [9.17, 15) is 19.7 Å². The number of carbonyl (C=O) groups excluding carboxylic acids is 2. The number of hydrogen-bond acceptors (Lipinski definition) is 8. The highest BCUT2D eigenvalue weighted by Gasteiger charge is 2.53. The van der Waals surface area contributed by atoms with E-state index in [1.165, 1.54) is 20.1 Å². The van der Waals surface area contributed by atoms with Gasteiger partial charge in [-0.05, 0) is 30.2 Å². The first-order valence-corrected chi connectivity index (χ1v) is 9.41. The molecule has 0 heterocycles. The molecule has 1 atom stereocenters. The molecule has 31 heavy (non-hydrogen) atoms. The van der Waals surface area contributed by atoms with Gasteiger partial charge in [-0.25, -0.2) is 0 Å². The van der Waals surface area contributed by atoms with Gasteiger partial charge in [0.25, 0.3) is 0 Å². The molecule has 0 radical (unpaired) electrons.